The van der Waals surface area contributed by atoms with Gasteiger partial charge in [-0.1, -0.05) is 23.5 Å². The Morgan fingerprint density at radius 3 is 2.68 bits per heavy atom. The van der Waals surface area contributed by atoms with Crippen molar-refractivity contribution in [3.63, 3.8) is 0 Å². The summed E-state index contributed by atoms with van der Waals surface area (Å²) in [6, 6.07) is 9.95. The number of rotatable bonds is 8. The van der Waals surface area contributed by atoms with E-state index in [2.05, 4.69) is 21.2 Å². The van der Waals surface area contributed by atoms with Gasteiger partial charge in [0.25, 0.3) is 0 Å². The summed E-state index contributed by atoms with van der Waals surface area (Å²) >= 11 is 3.28. The molecule has 1 amide bonds. The van der Waals surface area contributed by atoms with Crippen LogP contribution in [0.1, 0.15) is 18.9 Å². The molecule has 0 spiro atoms. The second-order valence-electron chi connectivity index (χ2n) is 7.15. The number of carbonyl (C=O) groups is 1. The van der Waals surface area contributed by atoms with Crippen molar-refractivity contribution in [2.75, 3.05) is 44.8 Å². The SMILES string of the molecule is CCOc1ccc(CCC(=O)N2CCN(c3nnc(-c4cccs4)s3)CC2)cc1OC. The lowest BCUT2D eigenvalue weighted by molar-refractivity contribution is -0.131. The third kappa shape index (κ3) is 5.16. The van der Waals surface area contributed by atoms with Gasteiger partial charge < -0.3 is 19.3 Å². The lowest BCUT2D eigenvalue weighted by atomic mass is 10.1. The molecule has 164 valence electrons. The molecule has 0 unspecified atom stereocenters. The Balaban J connectivity index is 1.28. The molecule has 1 aliphatic rings. The normalized spacial score (nSPS) is 14.0. The van der Waals surface area contributed by atoms with Crippen molar-refractivity contribution < 1.29 is 14.3 Å². The summed E-state index contributed by atoms with van der Waals surface area (Å²) < 4.78 is 11.0. The third-order valence-electron chi connectivity index (χ3n) is 5.20. The molecule has 0 saturated carbocycles. The van der Waals surface area contributed by atoms with Gasteiger partial charge in [-0.3, -0.25) is 4.79 Å². The number of thiophene rings is 1. The van der Waals surface area contributed by atoms with Crippen LogP contribution in [0.5, 0.6) is 11.5 Å². The average molecular weight is 459 g/mol. The number of hydrogen-bond acceptors (Lipinski definition) is 8. The number of ether oxygens (including phenoxy) is 2. The van der Waals surface area contributed by atoms with Crippen molar-refractivity contribution in [3.8, 4) is 21.4 Å². The van der Waals surface area contributed by atoms with Crippen LogP contribution in [0.2, 0.25) is 0 Å². The molecule has 31 heavy (non-hydrogen) atoms. The largest absolute Gasteiger partial charge is 0.493 e. The topological polar surface area (TPSA) is 67.8 Å². The van der Waals surface area contributed by atoms with Crippen LogP contribution in [0.25, 0.3) is 9.88 Å². The monoisotopic (exact) mass is 458 g/mol. The van der Waals surface area contributed by atoms with Crippen molar-refractivity contribution in [1.29, 1.82) is 0 Å². The quantitative estimate of drug-likeness (QED) is 0.509. The molecular formula is C22H26N4O3S2. The van der Waals surface area contributed by atoms with Crippen LogP contribution in [0.15, 0.2) is 35.7 Å². The van der Waals surface area contributed by atoms with E-state index in [1.165, 1.54) is 0 Å². The van der Waals surface area contributed by atoms with Crippen molar-refractivity contribution in [2.45, 2.75) is 19.8 Å². The van der Waals surface area contributed by atoms with E-state index in [4.69, 9.17) is 9.47 Å². The maximum Gasteiger partial charge on any atom is 0.223 e. The number of anilines is 1. The van der Waals surface area contributed by atoms with Gasteiger partial charge in [0.1, 0.15) is 0 Å². The molecule has 0 bridgehead atoms. The maximum atomic E-state index is 12.7. The van der Waals surface area contributed by atoms with E-state index in [1.54, 1.807) is 29.8 Å². The standard InChI is InChI=1S/C22H26N4O3S2/c1-3-29-17-8-6-16(15-18(17)28-2)7-9-20(27)25-10-12-26(13-11-25)22-24-23-21(31-22)19-5-4-14-30-19/h4-6,8,14-15H,3,7,9-13H2,1-2H3. The van der Waals surface area contributed by atoms with E-state index < -0.39 is 0 Å². The summed E-state index contributed by atoms with van der Waals surface area (Å²) in [6.45, 7) is 5.51. The van der Waals surface area contributed by atoms with Crippen LogP contribution in [-0.4, -0.2) is 60.9 Å². The van der Waals surface area contributed by atoms with Crippen LogP contribution in [0.4, 0.5) is 5.13 Å². The van der Waals surface area contributed by atoms with E-state index >= 15 is 0 Å². The molecule has 0 aliphatic carbocycles. The maximum absolute atomic E-state index is 12.7. The fourth-order valence-corrected chi connectivity index (χ4v) is 5.23. The highest BCUT2D eigenvalue weighted by Gasteiger charge is 2.23. The predicted molar refractivity (Wildman–Crippen MR) is 124 cm³/mol. The van der Waals surface area contributed by atoms with Gasteiger partial charge in [0.05, 0.1) is 18.6 Å². The minimum absolute atomic E-state index is 0.184. The highest BCUT2D eigenvalue weighted by atomic mass is 32.1. The molecule has 0 radical (unpaired) electrons. The summed E-state index contributed by atoms with van der Waals surface area (Å²) in [5.41, 5.74) is 1.07. The first-order valence-electron chi connectivity index (χ1n) is 10.4. The Morgan fingerprint density at radius 2 is 1.97 bits per heavy atom. The fraction of sp³-hybridized carbons (Fsp3) is 0.409. The minimum atomic E-state index is 0.184. The summed E-state index contributed by atoms with van der Waals surface area (Å²) in [7, 11) is 1.63. The Morgan fingerprint density at radius 1 is 1.13 bits per heavy atom. The van der Waals surface area contributed by atoms with Gasteiger partial charge in [-0.05, 0) is 42.5 Å². The van der Waals surface area contributed by atoms with Gasteiger partial charge in [-0.25, -0.2) is 0 Å². The smallest absolute Gasteiger partial charge is 0.223 e. The van der Waals surface area contributed by atoms with Crippen molar-refractivity contribution in [3.05, 3.63) is 41.3 Å². The van der Waals surface area contributed by atoms with Gasteiger partial charge in [0.2, 0.25) is 11.0 Å². The first-order valence-corrected chi connectivity index (χ1v) is 12.1. The number of benzene rings is 1. The van der Waals surface area contributed by atoms with Gasteiger partial charge in [0.15, 0.2) is 16.5 Å². The minimum Gasteiger partial charge on any atom is -0.493 e. The molecule has 1 aliphatic heterocycles. The summed E-state index contributed by atoms with van der Waals surface area (Å²) in [4.78, 5) is 18.0. The third-order valence-corrected chi connectivity index (χ3v) is 7.23. The zero-order valence-electron chi connectivity index (χ0n) is 17.7. The van der Waals surface area contributed by atoms with Gasteiger partial charge >= 0.3 is 0 Å². The molecule has 0 atom stereocenters. The number of aryl methyl sites for hydroxylation is 1. The number of amides is 1. The Bertz CT molecular complexity index is 998. The van der Waals surface area contributed by atoms with Gasteiger partial charge in [-0.15, -0.1) is 21.5 Å². The molecule has 1 fully saturated rings. The van der Waals surface area contributed by atoms with E-state index in [0.717, 1.165) is 39.4 Å². The number of piperazine rings is 1. The number of aromatic nitrogens is 2. The van der Waals surface area contributed by atoms with E-state index in [-0.39, 0.29) is 5.91 Å². The average Bonchev–Trinajstić information content (AvgIpc) is 3.50. The Hall–Kier alpha value is -2.65. The highest BCUT2D eigenvalue weighted by Crippen LogP contribution is 2.32. The molecule has 3 aromatic rings. The summed E-state index contributed by atoms with van der Waals surface area (Å²) in [5.74, 6) is 1.62. The molecule has 2 aromatic heterocycles. The van der Waals surface area contributed by atoms with Crippen LogP contribution in [0, 0.1) is 0 Å². The van der Waals surface area contributed by atoms with Crippen molar-refractivity contribution in [2.24, 2.45) is 0 Å². The fourth-order valence-electron chi connectivity index (χ4n) is 3.54. The van der Waals surface area contributed by atoms with E-state index in [9.17, 15) is 4.79 Å². The molecule has 1 aromatic carbocycles. The number of hydrogen-bond donors (Lipinski definition) is 0. The first-order chi connectivity index (χ1) is 15.2. The zero-order valence-corrected chi connectivity index (χ0v) is 19.4. The number of nitrogens with zero attached hydrogens (tertiary/aromatic N) is 4. The second-order valence-corrected chi connectivity index (χ2v) is 9.06. The number of carbonyl (C=O) groups excluding carboxylic acids is 1. The first kappa shape index (κ1) is 21.6. The summed E-state index contributed by atoms with van der Waals surface area (Å²) in [5, 5.41) is 12.6. The molecule has 1 saturated heterocycles. The van der Waals surface area contributed by atoms with Crippen molar-refractivity contribution >= 4 is 33.7 Å². The second kappa shape index (κ2) is 10.1. The van der Waals surface area contributed by atoms with Gasteiger partial charge in [0, 0.05) is 32.6 Å². The van der Waals surface area contributed by atoms with Crippen LogP contribution >= 0.6 is 22.7 Å². The van der Waals surface area contributed by atoms with Crippen LogP contribution in [0.3, 0.4) is 0 Å². The molecule has 7 nitrogen and oxygen atoms in total. The van der Waals surface area contributed by atoms with Crippen LogP contribution in [-0.2, 0) is 11.2 Å². The molecule has 0 N–H and O–H groups in total. The van der Waals surface area contributed by atoms with Crippen LogP contribution < -0.4 is 14.4 Å². The summed E-state index contributed by atoms with van der Waals surface area (Å²) in [6.07, 6.45) is 1.17. The Kier molecular flexibility index (Phi) is 7.03. The lowest BCUT2D eigenvalue weighted by Crippen LogP contribution is -2.48. The molecular weight excluding hydrogens is 432 g/mol. The van der Waals surface area contributed by atoms with Gasteiger partial charge in [-0.2, -0.15) is 0 Å². The molecule has 9 heteroatoms. The lowest BCUT2D eigenvalue weighted by Gasteiger charge is -2.34. The van der Waals surface area contributed by atoms with Crippen molar-refractivity contribution in [1.82, 2.24) is 15.1 Å². The number of methoxy groups -OCH3 is 1. The zero-order chi connectivity index (χ0) is 21.6. The molecule has 4 rings (SSSR count). The van der Waals surface area contributed by atoms with E-state index in [0.29, 0.717) is 38.3 Å². The predicted octanol–water partition coefficient (Wildman–Crippen LogP) is 3.96. The highest BCUT2D eigenvalue weighted by molar-refractivity contribution is 7.22. The molecule has 3 heterocycles. The Labute approximate surface area is 190 Å². The van der Waals surface area contributed by atoms with E-state index in [1.807, 2.05) is 41.5 Å².